The second-order valence-corrected chi connectivity index (χ2v) is 3.63. The molecule has 0 aliphatic rings. The summed E-state index contributed by atoms with van der Waals surface area (Å²) in [5.74, 6) is -0.0801. The summed E-state index contributed by atoms with van der Waals surface area (Å²) in [5, 5.41) is 5.94. The minimum atomic E-state index is -0.0801. The van der Waals surface area contributed by atoms with Crippen LogP contribution in [-0.4, -0.2) is 10.9 Å². The zero-order chi connectivity index (χ0) is 12.1. The van der Waals surface area contributed by atoms with Crippen molar-refractivity contribution in [2.24, 2.45) is 0 Å². The fraction of sp³-hybridized carbons (Fsp3) is 0.0769. The Labute approximate surface area is 99.7 Å². The molecule has 0 radical (unpaired) electrons. The maximum absolute atomic E-state index is 10.9. The molecule has 2 aromatic rings. The predicted octanol–water partition coefficient (Wildman–Crippen LogP) is 2.78. The zero-order valence-corrected chi connectivity index (χ0v) is 9.47. The van der Waals surface area contributed by atoms with Gasteiger partial charge in [-0.25, -0.2) is 0 Å². The van der Waals surface area contributed by atoms with Crippen molar-refractivity contribution >= 4 is 23.0 Å². The molecule has 1 amide bonds. The summed E-state index contributed by atoms with van der Waals surface area (Å²) in [6.07, 6.45) is 3.46. The van der Waals surface area contributed by atoms with Crippen LogP contribution in [0, 0.1) is 0 Å². The lowest BCUT2D eigenvalue weighted by atomic mass is 10.2. The molecule has 2 rings (SSSR count). The molecule has 0 aliphatic carbocycles. The lowest BCUT2D eigenvalue weighted by molar-refractivity contribution is -0.114. The number of anilines is 3. The van der Waals surface area contributed by atoms with E-state index in [-0.39, 0.29) is 5.91 Å². The molecular formula is C13H13N3O. The van der Waals surface area contributed by atoms with Crippen LogP contribution in [0.3, 0.4) is 0 Å². The minimum absolute atomic E-state index is 0.0801. The largest absolute Gasteiger partial charge is 0.354 e. The number of benzene rings is 1. The molecule has 0 saturated carbocycles. The van der Waals surface area contributed by atoms with Crippen LogP contribution in [0.15, 0.2) is 48.8 Å². The summed E-state index contributed by atoms with van der Waals surface area (Å²) in [6.45, 7) is 1.49. The lowest BCUT2D eigenvalue weighted by Gasteiger charge is -2.08. The first kappa shape index (κ1) is 11.1. The SMILES string of the molecule is CC(=O)Nc1cccc(Nc2cccnc2)c1. The average molecular weight is 227 g/mol. The Kier molecular flexibility index (Phi) is 3.35. The summed E-state index contributed by atoms with van der Waals surface area (Å²) in [4.78, 5) is 15.0. The molecule has 2 N–H and O–H groups in total. The van der Waals surface area contributed by atoms with Crippen molar-refractivity contribution in [2.75, 3.05) is 10.6 Å². The van der Waals surface area contributed by atoms with E-state index in [1.165, 1.54) is 6.92 Å². The van der Waals surface area contributed by atoms with Gasteiger partial charge in [-0.3, -0.25) is 9.78 Å². The van der Waals surface area contributed by atoms with E-state index in [4.69, 9.17) is 0 Å². The predicted molar refractivity (Wildman–Crippen MR) is 68.3 cm³/mol. The Morgan fingerprint density at radius 2 is 1.88 bits per heavy atom. The van der Waals surface area contributed by atoms with Crippen LogP contribution < -0.4 is 10.6 Å². The van der Waals surface area contributed by atoms with Crippen LogP contribution in [0.2, 0.25) is 0 Å². The van der Waals surface area contributed by atoms with Crippen molar-refractivity contribution in [1.82, 2.24) is 4.98 Å². The molecule has 1 aromatic heterocycles. The van der Waals surface area contributed by atoms with E-state index in [0.717, 1.165) is 17.1 Å². The number of hydrogen-bond acceptors (Lipinski definition) is 3. The maximum atomic E-state index is 10.9. The Balaban J connectivity index is 2.14. The Morgan fingerprint density at radius 3 is 2.59 bits per heavy atom. The van der Waals surface area contributed by atoms with Crippen LogP contribution in [0.4, 0.5) is 17.1 Å². The average Bonchev–Trinajstić information content (AvgIpc) is 2.30. The van der Waals surface area contributed by atoms with Gasteiger partial charge in [-0.05, 0) is 30.3 Å². The van der Waals surface area contributed by atoms with Gasteiger partial charge in [-0.15, -0.1) is 0 Å². The van der Waals surface area contributed by atoms with Gasteiger partial charge in [-0.1, -0.05) is 6.07 Å². The van der Waals surface area contributed by atoms with Gasteiger partial charge >= 0.3 is 0 Å². The number of nitrogens with one attached hydrogen (secondary N) is 2. The number of hydrogen-bond donors (Lipinski definition) is 2. The quantitative estimate of drug-likeness (QED) is 0.847. The molecule has 0 bridgehead atoms. The van der Waals surface area contributed by atoms with E-state index in [1.807, 2.05) is 36.4 Å². The summed E-state index contributed by atoms with van der Waals surface area (Å²) < 4.78 is 0. The summed E-state index contributed by atoms with van der Waals surface area (Å²) in [5.41, 5.74) is 2.59. The highest BCUT2D eigenvalue weighted by atomic mass is 16.1. The third kappa shape index (κ3) is 3.31. The summed E-state index contributed by atoms with van der Waals surface area (Å²) in [6, 6.07) is 11.3. The first-order chi connectivity index (χ1) is 8.24. The van der Waals surface area contributed by atoms with Crippen molar-refractivity contribution in [3.63, 3.8) is 0 Å². The Hall–Kier alpha value is -2.36. The fourth-order valence-corrected chi connectivity index (χ4v) is 1.48. The second-order valence-electron chi connectivity index (χ2n) is 3.63. The standard InChI is InChI=1S/C13H13N3O/c1-10(17)15-11-4-2-5-12(8-11)16-13-6-3-7-14-9-13/h2-9,16H,1H3,(H,15,17). The molecule has 4 heteroatoms. The van der Waals surface area contributed by atoms with Crippen molar-refractivity contribution in [3.8, 4) is 0 Å². The van der Waals surface area contributed by atoms with E-state index in [9.17, 15) is 4.79 Å². The highest BCUT2D eigenvalue weighted by molar-refractivity contribution is 5.89. The van der Waals surface area contributed by atoms with Gasteiger partial charge in [0.2, 0.25) is 5.91 Å². The van der Waals surface area contributed by atoms with E-state index in [1.54, 1.807) is 12.4 Å². The van der Waals surface area contributed by atoms with Crippen LogP contribution in [0.1, 0.15) is 6.92 Å². The van der Waals surface area contributed by atoms with Crippen LogP contribution >= 0.6 is 0 Å². The molecule has 1 aromatic carbocycles. The van der Waals surface area contributed by atoms with E-state index in [0.29, 0.717) is 0 Å². The van der Waals surface area contributed by atoms with Crippen LogP contribution in [0.25, 0.3) is 0 Å². The van der Waals surface area contributed by atoms with Crippen LogP contribution in [0.5, 0.6) is 0 Å². The molecule has 1 heterocycles. The van der Waals surface area contributed by atoms with Gasteiger partial charge in [0.1, 0.15) is 0 Å². The van der Waals surface area contributed by atoms with Gasteiger partial charge in [0, 0.05) is 24.5 Å². The Bertz CT molecular complexity index is 511. The van der Waals surface area contributed by atoms with Gasteiger partial charge in [0.15, 0.2) is 0 Å². The monoisotopic (exact) mass is 227 g/mol. The minimum Gasteiger partial charge on any atom is -0.354 e. The van der Waals surface area contributed by atoms with Crippen molar-refractivity contribution in [3.05, 3.63) is 48.8 Å². The Morgan fingerprint density at radius 1 is 1.12 bits per heavy atom. The molecule has 0 unspecified atom stereocenters. The molecule has 4 nitrogen and oxygen atoms in total. The van der Waals surface area contributed by atoms with Crippen molar-refractivity contribution in [2.45, 2.75) is 6.92 Å². The van der Waals surface area contributed by atoms with E-state index >= 15 is 0 Å². The number of carbonyl (C=O) groups excluding carboxylic acids is 1. The number of pyridine rings is 1. The highest BCUT2D eigenvalue weighted by Gasteiger charge is 1.98. The molecule has 0 spiro atoms. The zero-order valence-electron chi connectivity index (χ0n) is 9.47. The molecular weight excluding hydrogens is 214 g/mol. The van der Waals surface area contributed by atoms with Crippen molar-refractivity contribution < 1.29 is 4.79 Å². The molecule has 0 atom stereocenters. The summed E-state index contributed by atoms with van der Waals surface area (Å²) >= 11 is 0. The highest BCUT2D eigenvalue weighted by Crippen LogP contribution is 2.19. The van der Waals surface area contributed by atoms with E-state index < -0.39 is 0 Å². The molecule has 0 aliphatic heterocycles. The first-order valence-corrected chi connectivity index (χ1v) is 5.29. The number of rotatable bonds is 3. The van der Waals surface area contributed by atoms with Gasteiger partial charge in [0.25, 0.3) is 0 Å². The first-order valence-electron chi connectivity index (χ1n) is 5.29. The number of nitrogens with zero attached hydrogens (tertiary/aromatic N) is 1. The molecule has 0 saturated heterocycles. The van der Waals surface area contributed by atoms with Gasteiger partial charge in [-0.2, -0.15) is 0 Å². The number of amides is 1. The number of carbonyl (C=O) groups is 1. The topological polar surface area (TPSA) is 54.0 Å². The molecule has 86 valence electrons. The molecule has 17 heavy (non-hydrogen) atoms. The van der Waals surface area contributed by atoms with Gasteiger partial charge in [0.05, 0.1) is 11.9 Å². The normalized spacial score (nSPS) is 9.71. The smallest absolute Gasteiger partial charge is 0.221 e. The van der Waals surface area contributed by atoms with E-state index in [2.05, 4.69) is 15.6 Å². The maximum Gasteiger partial charge on any atom is 0.221 e. The molecule has 0 fully saturated rings. The second kappa shape index (κ2) is 5.12. The third-order valence-electron chi connectivity index (χ3n) is 2.13. The fourth-order valence-electron chi connectivity index (χ4n) is 1.48. The van der Waals surface area contributed by atoms with Gasteiger partial charge < -0.3 is 10.6 Å². The van der Waals surface area contributed by atoms with Crippen molar-refractivity contribution in [1.29, 1.82) is 0 Å². The number of aromatic nitrogens is 1. The lowest BCUT2D eigenvalue weighted by Crippen LogP contribution is -2.05. The third-order valence-corrected chi connectivity index (χ3v) is 2.13. The summed E-state index contributed by atoms with van der Waals surface area (Å²) in [7, 11) is 0. The van der Waals surface area contributed by atoms with Crippen LogP contribution in [-0.2, 0) is 4.79 Å².